The summed E-state index contributed by atoms with van der Waals surface area (Å²) < 4.78 is 27.8. The molecule has 0 aliphatic carbocycles. The molecule has 0 bridgehead atoms. The number of aliphatic hydroxyl groups excluding tert-OH is 1. The molecule has 0 aromatic carbocycles. The van der Waals surface area contributed by atoms with Gasteiger partial charge < -0.3 is 9.84 Å². The van der Waals surface area contributed by atoms with E-state index in [1.54, 1.807) is 0 Å². The summed E-state index contributed by atoms with van der Waals surface area (Å²) in [6.07, 6.45) is 0.0868. The lowest BCUT2D eigenvalue weighted by molar-refractivity contribution is 0.00376. The Labute approximate surface area is 96.3 Å². The Morgan fingerprint density at radius 1 is 1.38 bits per heavy atom. The molecule has 0 radical (unpaired) electrons. The minimum absolute atomic E-state index is 0.0761. The van der Waals surface area contributed by atoms with Crippen LogP contribution >= 0.6 is 0 Å². The van der Waals surface area contributed by atoms with E-state index < -0.39 is 15.9 Å². The predicted octanol–water partition coefficient (Wildman–Crippen LogP) is -0.886. The van der Waals surface area contributed by atoms with Crippen molar-refractivity contribution < 1.29 is 18.3 Å². The van der Waals surface area contributed by atoms with Crippen LogP contribution in [0.25, 0.3) is 0 Å². The van der Waals surface area contributed by atoms with Crippen LogP contribution in [0.4, 0.5) is 0 Å². The second-order valence-electron chi connectivity index (χ2n) is 4.64. The van der Waals surface area contributed by atoms with Crippen LogP contribution in [0.1, 0.15) is 6.42 Å². The van der Waals surface area contributed by atoms with Crippen molar-refractivity contribution in [3.05, 3.63) is 0 Å². The summed E-state index contributed by atoms with van der Waals surface area (Å²) in [7, 11) is -2.88. The number of hydrogen-bond donors (Lipinski definition) is 1. The second kappa shape index (κ2) is 5.00. The molecule has 0 spiro atoms. The van der Waals surface area contributed by atoms with Gasteiger partial charge in [-0.05, 0) is 6.42 Å². The first-order valence-electron chi connectivity index (χ1n) is 5.75. The van der Waals surface area contributed by atoms with Crippen molar-refractivity contribution in [1.82, 2.24) is 4.90 Å². The quantitative estimate of drug-likeness (QED) is 0.703. The standard InChI is InChI=1S/C10H19NO4S/c12-10(7-11-2-4-15-5-3-11)9-1-6-16(13,14)8-9/h9-10,12H,1-8H2. The Hall–Kier alpha value is -0.170. The number of rotatable bonds is 3. The van der Waals surface area contributed by atoms with E-state index in [-0.39, 0.29) is 17.4 Å². The largest absolute Gasteiger partial charge is 0.391 e. The zero-order chi connectivity index (χ0) is 11.6. The fourth-order valence-corrected chi connectivity index (χ4v) is 4.19. The van der Waals surface area contributed by atoms with Gasteiger partial charge in [-0.25, -0.2) is 8.42 Å². The van der Waals surface area contributed by atoms with Crippen LogP contribution in [0.3, 0.4) is 0 Å². The highest BCUT2D eigenvalue weighted by Gasteiger charge is 2.33. The summed E-state index contributed by atoms with van der Waals surface area (Å²) >= 11 is 0. The van der Waals surface area contributed by atoms with E-state index in [0.29, 0.717) is 26.2 Å². The van der Waals surface area contributed by atoms with Gasteiger partial charge in [0.1, 0.15) is 0 Å². The lowest BCUT2D eigenvalue weighted by Gasteiger charge is -2.30. The average Bonchev–Trinajstić information content (AvgIpc) is 2.60. The summed E-state index contributed by atoms with van der Waals surface area (Å²) in [5.41, 5.74) is 0. The maximum absolute atomic E-state index is 11.3. The molecule has 0 aromatic rings. The Kier molecular flexibility index (Phi) is 3.84. The molecule has 2 heterocycles. The molecule has 2 saturated heterocycles. The lowest BCUT2D eigenvalue weighted by atomic mass is 10.0. The lowest BCUT2D eigenvalue weighted by Crippen LogP contribution is -2.43. The van der Waals surface area contributed by atoms with Crippen LogP contribution in [0, 0.1) is 5.92 Å². The molecule has 16 heavy (non-hydrogen) atoms. The molecule has 2 aliphatic heterocycles. The number of β-amino-alcohol motifs (C(OH)–C–C–N with tert-alkyl or cyclic N) is 1. The predicted molar refractivity (Wildman–Crippen MR) is 60.0 cm³/mol. The third-order valence-corrected chi connectivity index (χ3v) is 5.15. The smallest absolute Gasteiger partial charge is 0.150 e. The second-order valence-corrected chi connectivity index (χ2v) is 6.87. The van der Waals surface area contributed by atoms with Gasteiger partial charge in [0.05, 0.1) is 30.8 Å². The minimum atomic E-state index is -2.88. The highest BCUT2D eigenvalue weighted by atomic mass is 32.2. The molecule has 2 fully saturated rings. The van der Waals surface area contributed by atoms with Crippen molar-refractivity contribution in [3.8, 4) is 0 Å². The van der Waals surface area contributed by atoms with Crippen LogP contribution in [0.15, 0.2) is 0 Å². The van der Waals surface area contributed by atoms with Crippen LogP contribution in [0.5, 0.6) is 0 Å². The Balaban J connectivity index is 1.81. The van der Waals surface area contributed by atoms with Crippen molar-refractivity contribution in [2.24, 2.45) is 5.92 Å². The molecule has 6 heteroatoms. The van der Waals surface area contributed by atoms with E-state index in [9.17, 15) is 13.5 Å². The molecule has 0 aromatic heterocycles. The van der Waals surface area contributed by atoms with Crippen LogP contribution in [-0.2, 0) is 14.6 Å². The van der Waals surface area contributed by atoms with Gasteiger partial charge in [0.25, 0.3) is 0 Å². The first-order chi connectivity index (χ1) is 7.57. The number of nitrogens with zero attached hydrogens (tertiary/aromatic N) is 1. The van der Waals surface area contributed by atoms with Gasteiger partial charge in [-0.2, -0.15) is 0 Å². The SMILES string of the molecule is O=S1(=O)CCC(C(O)CN2CCOCC2)C1. The van der Waals surface area contributed by atoms with Gasteiger partial charge in [-0.1, -0.05) is 0 Å². The molecule has 0 amide bonds. The molecule has 0 saturated carbocycles. The number of aliphatic hydroxyl groups is 1. The maximum Gasteiger partial charge on any atom is 0.150 e. The zero-order valence-electron chi connectivity index (χ0n) is 9.34. The van der Waals surface area contributed by atoms with Crippen molar-refractivity contribution in [3.63, 3.8) is 0 Å². The van der Waals surface area contributed by atoms with E-state index in [2.05, 4.69) is 4.90 Å². The molecule has 2 atom stereocenters. The fraction of sp³-hybridized carbons (Fsp3) is 1.00. The van der Waals surface area contributed by atoms with Gasteiger partial charge >= 0.3 is 0 Å². The van der Waals surface area contributed by atoms with Crippen molar-refractivity contribution in [2.75, 3.05) is 44.4 Å². The normalized spacial score (nSPS) is 32.7. The number of ether oxygens (including phenoxy) is 1. The highest BCUT2D eigenvalue weighted by molar-refractivity contribution is 7.91. The van der Waals surface area contributed by atoms with Crippen LogP contribution in [-0.4, -0.2) is 68.9 Å². The number of morpholine rings is 1. The summed E-state index contributed by atoms with van der Waals surface area (Å²) in [5, 5.41) is 9.99. The molecule has 2 unspecified atom stereocenters. The fourth-order valence-electron chi connectivity index (χ4n) is 2.32. The number of hydrogen-bond acceptors (Lipinski definition) is 5. The first-order valence-corrected chi connectivity index (χ1v) is 7.57. The average molecular weight is 249 g/mol. The van der Waals surface area contributed by atoms with Gasteiger partial charge in [0.2, 0.25) is 0 Å². The molecule has 94 valence electrons. The van der Waals surface area contributed by atoms with Gasteiger partial charge in [-0.3, -0.25) is 4.90 Å². The van der Waals surface area contributed by atoms with Crippen LogP contribution < -0.4 is 0 Å². The molecule has 2 aliphatic rings. The van der Waals surface area contributed by atoms with Gasteiger partial charge in [0, 0.05) is 25.6 Å². The van der Waals surface area contributed by atoms with E-state index in [0.717, 1.165) is 13.1 Å². The summed E-state index contributed by atoms with van der Waals surface area (Å²) in [5.74, 6) is 0.309. The highest BCUT2D eigenvalue weighted by Crippen LogP contribution is 2.22. The third kappa shape index (κ3) is 3.16. The summed E-state index contributed by atoms with van der Waals surface area (Å²) in [6, 6.07) is 0. The van der Waals surface area contributed by atoms with Crippen molar-refractivity contribution in [1.29, 1.82) is 0 Å². The molecule has 2 rings (SSSR count). The van der Waals surface area contributed by atoms with Crippen LogP contribution in [0.2, 0.25) is 0 Å². The molecule has 1 N–H and O–H groups in total. The van der Waals surface area contributed by atoms with Gasteiger partial charge in [0.15, 0.2) is 9.84 Å². The monoisotopic (exact) mass is 249 g/mol. The van der Waals surface area contributed by atoms with E-state index in [1.165, 1.54) is 0 Å². The van der Waals surface area contributed by atoms with E-state index in [1.807, 2.05) is 0 Å². The Morgan fingerprint density at radius 2 is 2.06 bits per heavy atom. The molecular formula is C10H19NO4S. The van der Waals surface area contributed by atoms with E-state index in [4.69, 9.17) is 4.74 Å². The maximum atomic E-state index is 11.3. The first kappa shape index (κ1) is 12.3. The molecule has 5 nitrogen and oxygen atoms in total. The van der Waals surface area contributed by atoms with Gasteiger partial charge in [-0.15, -0.1) is 0 Å². The Morgan fingerprint density at radius 3 is 2.62 bits per heavy atom. The Bertz CT molecular complexity index is 324. The molecular weight excluding hydrogens is 230 g/mol. The van der Waals surface area contributed by atoms with E-state index >= 15 is 0 Å². The summed E-state index contributed by atoms with van der Waals surface area (Å²) in [4.78, 5) is 2.14. The van der Waals surface area contributed by atoms with Crippen molar-refractivity contribution in [2.45, 2.75) is 12.5 Å². The minimum Gasteiger partial charge on any atom is -0.391 e. The zero-order valence-corrected chi connectivity index (χ0v) is 10.2. The number of sulfone groups is 1. The topological polar surface area (TPSA) is 66.8 Å². The summed E-state index contributed by atoms with van der Waals surface area (Å²) in [6.45, 7) is 3.64. The third-order valence-electron chi connectivity index (χ3n) is 3.36. The van der Waals surface area contributed by atoms with Crippen molar-refractivity contribution >= 4 is 9.84 Å².